The number of amides is 1. The Kier molecular flexibility index (Phi) is 4.93. The zero-order chi connectivity index (χ0) is 11.1. The van der Waals surface area contributed by atoms with Crippen LogP contribution < -0.4 is 5.73 Å². The summed E-state index contributed by atoms with van der Waals surface area (Å²) < 4.78 is 0. The van der Waals surface area contributed by atoms with Gasteiger partial charge in [-0.05, 0) is 12.5 Å². The number of carbonyl (C=O) groups excluding carboxylic acids is 1. The molecule has 0 saturated heterocycles. The Bertz CT molecular complexity index is 345. The molecule has 4 heteroatoms. The average Bonchev–Trinajstić information content (AvgIpc) is 2.17. The van der Waals surface area contributed by atoms with Gasteiger partial charge in [0.05, 0.1) is 11.6 Å². The molecule has 0 fully saturated rings. The Morgan fingerprint density at radius 3 is 2.57 bits per heavy atom. The fourth-order valence-corrected chi connectivity index (χ4v) is 0.972. The predicted octanol–water partition coefficient (Wildman–Crippen LogP) is 0.959. The van der Waals surface area contributed by atoms with Crippen LogP contribution in [0.5, 0.6) is 0 Å². The Hall–Kier alpha value is -1.89. The number of nitrogens with zero attached hydrogens (tertiary/aromatic N) is 2. The molecule has 0 aromatic rings. The van der Waals surface area contributed by atoms with Crippen LogP contribution in [0.15, 0.2) is 28.8 Å². The standard InChI is InChI=1S/C10H13N3O/c1-4-9(13-3)8(10(12)14)5-7(2)6-11/h5H,2,4H2,1,3H3,(H2,12,14)/b8-5+,13-9?. The van der Waals surface area contributed by atoms with E-state index in [9.17, 15) is 4.79 Å². The van der Waals surface area contributed by atoms with Crippen LogP contribution in [0.25, 0.3) is 0 Å². The van der Waals surface area contributed by atoms with Crippen molar-refractivity contribution in [1.29, 1.82) is 5.26 Å². The first-order valence-corrected chi connectivity index (χ1v) is 4.13. The summed E-state index contributed by atoms with van der Waals surface area (Å²) in [5.41, 5.74) is 6.17. The number of hydrogen-bond acceptors (Lipinski definition) is 3. The first-order valence-electron chi connectivity index (χ1n) is 4.13. The van der Waals surface area contributed by atoms with Gasteiger partial charge in [0.1, 0.15) is 0 Å². The van der Waals surface area contributed by atoms with Gasteiger partial charge >= 0.3 is 0 Å². The van der Waals surface area contributed by atoms with Crippen LogP contribution in [0.3, 0.4) is 0 Å². The molecule has 2 N–H and O–H groups in total. The molecule has 0 aliphatic rings. The lowest BCUT2D eigenvalue weighted by molar-refractivity contribution is -0.114. The van der Waals surface area contributed by atoms with Crippen molar-refractivity contribution >= 4 is 11.6 Å². The van der Waals surface area contributed by atoms with Crippen LogP contribution in [0.4, 0.5) is 0 Å². The highest BCUT2D eigenvalue weighted by Crippen LogP contribution is 2.05. The van der Waals surface area contributed by atoms with E-state index in [2.05, 4.69) is 11.6 Å². The van der Waals surface area contributed by atoms with Crippen molar-refractivity contribution in [3.8, 4) is 6.07 Å². The lowest BCUT2D eigenvalue weighted by Gasteiger charge is -2.03. The highest BCUT2D eigenvalue weighted by Gasteiger charge is 2.10. The summed E-state index contributed by atoms with van der Waals surface area (Å²) in [5, 5.41) is 8.51. The van der Waals surface area contributed by atoms with Crippen molar-refractivity contribution in [2.24, 2.45) is 10.7 Å². The predicted molar refractivity (Wildman–Crippen MR) is 55.7 cm³/mol. The van der Waals surface area contributed by atoms with E-state index >= 15 is 0 Å². The first kappa shape index (κ1) is 12.1. The van der Waals surface area contributed by atoms with E-state index in [4.69, 9.17) is 11.0 Å². The van der Waals surface area contributed by atoms with E-state index < -0.39 is 5.91 Å². The monoisotopic (exact) mass is 191 g/mol. The van der Waals surface area contributed by atoms with Crippen molar-refractivity contribution in [3.05, 3.63) is 23.8 Å². The number of primary amides is 1. The van der Waals surface area contributed by atoms with Crippen LogP contribution in [0, 0.1) is 11.3 Å². The zero-order valence-electron chi connectivity index (χ0n) is 8.37. The maximum Gasteiger partial charge on any atom is 0.250 e. The molecule has 0 aliphatic heterocycles. The van der Waals surface area contributed by atoms with Crippen molar-refractivity contribution < 1.29 is 4.79 Å². The minimum Gasteiger partial charge on any atom is -0.366 e. The summed E-state index contributed by atoms with van der Waals surface area (Å²) in [5.74, 6) is -0.594. The summed E-state index contributed by atoms with van der Waals surface area (Å²) >= 11 is 0. The topological polar surface area (TPSA) is 79.2 Å². The number of hydrogen-bond donors (Lipinski definition) is 1. The normalized spacial score (nSPS) is 12.1. The summed E-state index contributed by atoms with van der Waals surface area (Å²) in [4.78, 5) is 14.9. The average molecular weight is 191 g/mol. The second-order valence-electron chi connectivity index (χ2n) is 2.58. The number of nitrogens with two attached hydrogens (primary N) is 1. The molecule has 0 bridgehead atoms. The van der Waals surface area contributed by atoms with Gasteiger partial charge in [-0.2, -0.15) is 5.26 Å². The third kappa shape index (κ3) is 3.23. The number of carbonyl (C=O) groups is 1. The maximum atomic E-state index is 11.0. The lowest BCUT2D eigenvalue weighted by Crippen LogP contribution is -2.20. The molecule has 0 radical (unpaired) electrons. The SMILES string of the molecule is C=C(C#N)/C=C(/C(N)=O)C(CC)=NC. The summed E-state index contributed by atoms with van der Waals surface area (Å²) in [6, 6.07) is 1.82. The van der Waals surface area contributed by atoms with Gasteiger partial charge in [0.15, 0.2) is 0 Å². The van der Waals surface area contributed by atoms with Crippen molar-refractivity contribution in [2.75, 3.05) is 7.05 Å². The number of aliphatic imine (C=N–C) groups is 1. The third-order valence-electron chi connectivity index (χ3n) is 1.64. The maximum absolute atomic E-state index is 11.0. The number of rotatable bonds is 4. The van der Waals surface area contributed by atoms with Crippen molar-refractivity contribution in [3.63, 3.8) is 0 Å². The van der Waals surface area contributed by atoms with Gasteiger partial charge in [-0.3, -0.25) is 9.79 Å². The minimum atomic E-state index is -0.594. The Morgan fingerprint density at radius 2 is 2.29 bits per heavy atom. The third-order valence-corrected chi connectivity index (χ3v) is 1.64. The van der Waals surface area contributed by atoms with Crippen LogP contribution in [0.1, 0.15) is 13.3 Å². The van der Waals surface area contributed by atoms with Crippen LogP contribution in [-0.2, 0) is 4.79 Å². The molecular weight excluding hydrogens is 178 g/mol. The second kappa shape index (κ2) is 5.70. The number of allylic oxidation sites excluding steroid dienone is 2. The Morgan fingerprint density at radius 1 is 1.71 bits per heavy atom. The van der Waals surface area contributed by atoms with E-state index in [0.717, 1.165) is 0 Å². The molecule has 0 spiro atoms. The van der Waals surface area contributed by atoms with Gasteiger partial charge in [0.2, 0.25) is 0 Å². The molecular formula is C10H13N3O. The van der Waals surface area contributed by atoms with Gasteiger partial charge in [0, 0.05) is 18.3 Å². The second-order valence-corrected chi connectivity index (χ2v) is 2.58. The molecule has 0 rings (SSSR count). The van der Waals surface area contributed by atoms with Gasteiger partial charge in [-0.1, -0.05) is 13.5 Å². The fourth-order valence-electron chi connectivity index (χ4n) is 0.972. The van der Waals surface area contributed by atoms with Crippen molar-refractivity contribution in [1.82, 2.24) is 0 Å². The molecule has 0 saturated carbocycles. The molecule has 0 heterocycles. The van der Waals surface area contributed by atoms with Crippen LogP contribution in [-0.4, -0.2) is 18.7 Å². The van der Waals surface area contributed by atoms with E-state index in [0.29, 0.717) is 12.1 Å². The largest absolute Gasteiger partial charge is 0.366 e. The van der Waals surface area contributed by atoms with E-state index in [1.807, 2.05) is 13.0 Å². The van der Waals surface area contributed by atoms with Crippen LogP contribution in [0.2, 0.25) is 0 Å². The molecule has 4 nitrogen and oxygen atoms in total. The molecule has 74 valence electrons. The summed E-state index contributed by atoms with van der Waals surface area (Å²) in [6.07, 6.45) is 1.94. The van der Waals surface area contributed by atoms with E-state index in [1.54, 1.807) is 7.05 Å². The first-order chi connectivity index (χ1) is 6.56. The summed E-state index contributed by atoms with van der Waals surface area (Å²) in [7, 11) is 1.57. The van der Waals surface area contributed by atoms with E-state index in [1.165, 1.54) is 6.08 Å². The molecule has 0 aliphatic carbocycles. The van der Waals surface area contributed by atoms with Gasteiger partial charge in [-0.25, -0.2) is 0 Å². The summed E-state index contributed by atoms with van der Waals surface area (Å²) in [6.45, 7) is 5.30. The van der Waals surface area contributed by atoms with E-state index in [-0.39, 0.29) is 11.1 Å². The smallest absolute Gasteiger partial charge is 0.250 e. The molecule has 0 aromatic heterocycles. The molecule has 1 amide bonds. The highest BCUT2D eigenvalue weighted by atomic mass is 16.1. The molecule has 0 aromatic carbocycles. The van der Waals surface area contributed by atoms with Gasteiger partial charge < -0.3 is 5.73 Å². The number of nitriles is 1. The Labute approximate surface area is 83.4 Å². The molecule has 14 heavy (non-hydrogen) atoms. The molecule has 0 unspecified atom stereocenters. The molecule has 0 atom stereocenters. The Balaban J connectivity index is 5.17. The van der Waals surface area contributed by atoms with Crippen LogP contribution >= 0.6 is 0 Å². The van der Waals surface area contributed by atoms with Gasteiger partial charge in [-0.15, -0.1) is 0 Å². The minimum absolute atomic E-state index is 0.188. The fraction of sp³-hybridized carbons (Fsp3) is 0.300. The quantitative estimate of drug-likeness (QED) is 0.311. The zero-order valence-corrected chi connectivity index (χ0v) is 8.37. The van der Waals surface area contributed by atoms with Crippen molar-refractivity contribution in [2.45, 2.75) is 13.3 Å². The lowest BCUT2D eigenvalue weighted by atomic mass is 10.1. The van der Waals surface area contributed by atoms with Gasteiger partial charge in [0.25, 0.3) is 5.91 Å². The highest BCUT2D eigenvalue weighted by molar-refractivity contribution is 6.21.